The van der Waals surface area contributed by atoms with E-state index in [1.165, 1.54) is 0 Å². The van der Waals surface area contributed by atoms with Crippen LogP contribution in [-0.2, 0) is 24.5 Å². The maximum absolute atomic E-state index is 13.7. The van der Waals surface area contributed by atoms with Gasteiger partial charge in [0.1, 0.15) is 0 Å². The van der Waals surface area contributed by atoms with Crippen LogP contribution in [0.3, 0.4) is 0 Å². The van der Waals surface area contributed by atoms with Gasteiger partial charge in [0.25, 0.3) is 0 Å². The van der Waals surface area contributed by atoms with E-state index in [4.69, 9.17) is 18.9 Å². The van der Waals surface area contributed by atoms with E-state index in [0.717, 1.165) is 16.7 Å². The van der Waals surface area contributed by atoms with E-state index in [0.29, 0.717) is 11.5 Å². The summed E-state index contributed by atoms with van der Waals surface area (Å²) >= 11 is 0. The Labute approximate surface area is 223 Å². The minimum absolute atomic E-state index is 0.0366. The van der Waals surface area contributed by atoms with E-state index in [1.807, 2.05) is 72.8 Å². The zero-order chi connectivity index (χ0) is 27.3. The monoisotopic (exact) mass is 518 g/mol. The molecule has 0 spiro atoms. The highest BCUT2D eigenvalue weighted by atomic mass is 16.6. The Bertz CT molecular complexity index is 1200. The molecule has 0 saturated heterocycles. The number of aliphatic hydroxyl groups excluding tert-OH is 1. The molecule has 3 aromatic rings. The molecular weight excluding hydrogens is 484 g/mol. The Kier molecular flexibility index (Phi) is 8.07. The van der Waals surface area contributed by atoms with E-state index in [1.54, 1.807) is 34.1 Å². The van der Waals surface area contributed by atoms with Crippen LogP contribution in [0.1, 0.15) is 42.9 Å². The molecule has 7 heteroatoms. The maximum atomic E-state index is 13.7. The third kappa shape index (κ3) is 4.21. The first-order chi connectivity index (χ1) is 18.4. The van der Waals surface area contributed by atoms with Crippen molar-refractivity contribution >= 4 is 11.9 Å². The van der Waals surface area contributed by atoms with Gasteiger partial charge in [0, 0.05) is 5.92 Å². The van der Waals surface area contributed by atoms with Gasteiger partial charge < -0.3 is 24.1 Å². The van der Waals surface area contributed by atoms with Gasteiger partial charge in [-0.1, -0.05) is 66.7 Å². The summed E-state index contributed by atoms with van der Waals surface area (Å²) in [5.74, 6) is -1.10. The van der Waals surface area contributed by atoms with Crippen molar-refractivity contribution < 1.29 is 33.6 Å². The zero-order valence-corrected chi connectivity index (χ0v) is 22.2. The molecule has 200 valence electrons. The van der Waals surface area contributed by atoms with E-state index < -0.39 is 34.8 Å². The van der Waals surface area contributed by atoms with Gasteiger partial charge in [0.2, 0.25) is 0 Å². The lowest BCUT2D eigenvalue weighted by Crippen LogP contribution is -2.53. The minimum Gasteiger partial charge on any atom is -0.493 e. The fourth-order valence-corrected chi connectivity index (χ4v) is 5.93. The van der Waals surface area contributed by atoms with Gasteiger partial charge in [-0.05, 0) is 49.1 Å². The summed E-state index contributed by atoms with van der Waals surface area (Å²) in [7, 11) is 3.11. The number of hydrogen-bond acceptors (Lipinski definition) is 7. The number of methoxy groups -OCH3 is 2. The molecule has 38 heavy (non-hydrogen) atoms. The summed E-state index contributed by atoms with van der Waals surface area (Å²) in [6, 6.07) is 24.5. The van der Waals surface area contributed by atoms with Crippen molar-refractivity contribution in [3.05, 3.63) is 95.6 Å². The first-order valence-electron chi connectivity index (χ1n) is 12.8. The fraction of sp³-hybridized carbons (Fsp3) is 0.355. The van der Waals surface area contributed by atoms with Crippen molar-refractivity contribution in [2.24, 2.45) is 5.41 Å². The Morgan fingerprint density at radius 1 is 0.789 bits per heavy atom. The number of carbonyl (C=O) groups is 2. The second kappa shape index (κ2) is 11.3. The molecule has 2 atom stereocenters. The van der Waals surface area contributed by atoms with Gasteiger partial charge in [-0.25, -0.2) is 0 Å². The maximum Gasteiger partial charge on any atom is 0.326 e. The number of carbonyl (C=O) groups excluding carboxylic acids is 2. The molecule has 1 saturated carbocycles. The van der Waals surface area contributed by atoms with Crippen molar-refractivity contribution in [3.63, 3.8) is 0 Å². The van der Waals surface area contributed by atoms with Crippen LogP contribution in [0.25, 0.3) is 0 Å². The third-order valence-corrected chi connectivity index (χ3v) is 7.57. The van der Waals surface area contributed by atoms with Gasteiger partial charge in [0.05, 0.1) is 39.0 Å². The predicted molar refractivity (Wildman–Crippen MR) is 142 cm³/mol. The number of rotatable bonds is 9. The van der Waals surface area contributed by atoms with E-state index >= 15 is 0 Å². The van der Waals surface area contributed by atoms with Crippen LogP contribution in [0.15, 0.2) is 78.9 Å². The van der Waals surface area contributed by atoms with Crippen LogP contribution in [0.2, 0.25) is 0 Å². The summed E-state index contributed by atoms with van der Waals surface area (Å²) in [6.07, 6.45) is -1.54. The Balaban J connectivity index is 2.10. The molecule has 1 aliphatic carbocycles. The Morgan fingerprint density at radius 3 is 1.74 bits per heavy atom. The van der Waals surface area contributed by atoms with Crippen molar-refractivity contribution in [1.29, 1.82) is 0 Å². The molecular formula is C31H34O7. The summed E-state index contributed by atoms with van der Waals surface area (Å²) < 4.78 is 22.0. The standard InChI is InChI=1S/C31H34O7/c1-5-37-28(33)30(29(34)38-6-2)20-24(21-17-18-25(35-3)26(19-21)36-4)31(27(30)32,22-13-9-7-10-14-22)23-15-11-8-12-16-23/h7-19,24,27,32H,5-6,20H2,1-4H3/t24-,27-/m0/s1. The highest BCUT2D eigenvalue weighted by Crippen LogP contribution is 2.63. The van der Waals surface area contributed by atoms with Crippen molar-refractivity contribution in [3.8, 4) is 11.5 Å². The molecule has 1 N–H and O–H groups in total. The predicted octanol–water partition coefficient (Wildman–Crippen LogP) is 4.65. The normalized spacial score (nSPS) is 19.4. The van der Waals surface area contributed by atoms with Crippen molar-refractivity contribution in [2.45, 2.75) is 37.7 Å². The molecule has 3 aromatic carbocycles. The van der Waals surface area contributed by atoms with Crippen LogP contribution in [0.5, 0.6) is 11.5 Å². The summed E-state index contributed by atoms with van der Waals surface area (Å²) in [4.78, 5) is 27.4. The lowest BCUT2D eigenvalue weighted by Gasteiger charge is -2.41. The van der Waals surface area contributed by atoms with Gasteiger partial charge >= 0.3 is 11.9 Å². The number of aliphatic hydroxyl groups is 1. The van der Waals surface area contributed by atoms with Gasteiger partial charge in [-0.15, -0.1) is 0 Å². The molecule has 0 heterocycles. The Morgan fingerprint density at radius 2 is 1.29 bits per heavy atom. The second-order valence-corrected chi connectivity index (χ2v) is 9.29. The van der Waals surface area contributed by atoms with Crippen molar-refractivity contribution in [1.82, 2.24) is 0 Å². The third-order valence-electron chi connectivity index (χ3n) is 7.57. The molecule has 0 amide bonds. The zero-order valence-electron chi connectivity index (χ0n) is 22.2. The summed E-state index contributed by atoms with van der Waals surface area (Å²) in [5, 5.41) is 12.5. The summed E-state index contributed by atoms with van der Waals surface area (Å²) in [5.41, 5.74) is -0.884. The average Bonchev–Trinajstić information content (AvgIpc) is 3.24. The first-order valence-corrected chi connectivity index (χ1v) is 12.8. The number of esters is 2. The quantitative estimate of drug-likeness (QED) is 0.326. The van der Waals surface area contributed by atoms with Crippen LogP contribution in [-0.4, -0.2) is 50.6 Å². The topological polar surface area (TPSA) is 91.3 Å². The van der Waals surface area contributed by atoms with Gasteiger partial charge in [-0.2, -0.15) is 0 Å². The van der Waals surface area contributed by atoms with Crippen LogP contribution >= 0.6 is 0 Å². The average molecular weight is 519 g/mol. The fourth-order valence-electron chi connectivity index (χ4n) is 5.93. The first kappa shape index (κ1) is 27.2. The molecule has 1 fully saturated rings. The lowest BCUT2D eigenvalue weighted by molar-refractivity contribution is -0.180. The lowest BCUT2D eigenvalue weighted by atomic mass is 9.63. The number of hydrogen-bond donors (Lipinski definition) is 1. The minimum atomic E-state index is -1.96. The van der Waals surface area contributed by atoms with Gasteiger partial charge in [-0.3, -0.25) is 9.59 Å². The Hall–Kier alpha value is -3.84. The molecule has 0 bridgehead atoms. The SMILES string of the molecule is CCOC(=O)C1(C(=O)OCC)C[C@@H](c2ccc(OC)c(OC)c2)C(c2ccccc2)(c2ccccc2)[C@H]1O. The molecule has 0 aromatic heterocycles. The second-order valence-electron chi connectivity index (χ2n) is 9.29. The highest BCUT2D eigenvalue weighted by Gasteiger charge is 2.71. The highest BCUT2D eigenvalue weighted by molar-refractivity contribution is 6.02. The molecule has 0 aliphatic heterocycles. The summed E-state index contributed by atoms with van der Waals surface area (Å²) in [6.45, 7) is 3.45. The number of benzene rings is 3. The van der Waals surface area contributed by atoms with Crippen molar-refractivity contribution in [2.75, 3.05) is 27.4 Å². The van der Waals surface area contributed by atoms with Crippen LogP contribution < -0.4 is 9.47 Å². The van der Waals surface area contributed by atoms with Gasteiger partial charge in [0.15, 0.2) is 16.9 Å². The largest absolute Gasteiger partial charge is 0.493 e. The molecule has 1 aliphatic rings. The van der Waals surface area contributed by atoms with Crippen LogP contribution in [0, 0.1) is 5.41 Å². The molecule has 4 rings (SSSR count). The van der Waals surface area contributed by atoms with E-state index in [2.05, 4.69) is 0 Å². The van der Waals surface area contributed by atoms with E-state index in [9.17, 15) is 14.7 Å². The molecule has 0 unspecified atom stereocenters. The smallest absolute Gasteiger partial charge is 0.326 e. The number of ether oxygens (including phenoxy) is 4. The molecule has 0 radical (unpaired) electrons. The van der Waals surface area contributed by atoms with E-state index in [-0.39, 0.29) is 19.6 Å². The molecule has 7 nitrogen and oxygen atoms in total. The van der Waals surface area contributed by atoms with Crippen LogP contribution in [0.4, 0.5) is 0 Å².